The van der Waals surface area contributed by atoms with Gasteiger partial charge in [0.05, 0.1) is 64.0 Å². The highest BCUT2D eigenvalue weighted by Gasteiger charge is 2.47. The van der Waals surface area contributed by atoms with Gasteiger partial charge in [-0.2, -0.15) is 132 Å². The molecule has 0 bridgehead atoms. The fourth-order valence-corrected chi connectivity index (χ4v) is 7.58. The number of carbonyl (C=O) groups excluding carboxylic acids is 1. The first-order valence-corrected chi connectivity index (χ1v) is 19.9. The van der Waals surface area contributed by atoms with E-state index in [1.807, 2.05) is 12.1 Å². The third-order valence-corrected chi connectivity index (χ3v) is 10.8. The molecule has 6 rings (SSSR count). The Morgan fingerprint density at radius 1 is 0.419 bits per heavy atom. The third-order valence-electron chi connectivity index (χ3n) is 10.8. The fraction of sp³-hybridized carbons (Fsp3) is 0.222. The van der Waals surface area contributed by atoms with Gasteiger partial charge < -0.3 is 4.74 Å². The van der Waals surface area contributed by atoms with Gasteiger partial charge in [-0.1, -0.05) is 60.7 Å². The molecule has 398 valence electrons. The van der Waals surface area contributed by atoms with Crippen LogP contribution in [-0.2, 0) is 56.0 Å². The molecule has 0 atom stereocenters. The minimum absolute atomic E-state index is 0.0418. The molecule has 0 aliphatic carbocycles. The Balaban J connectivity index is 0.000000500. The van der Waals surface area contributed by atoms with Crippen molar-refractivity contribution < 1.29 is 119 Å². The lowest BCUT2D eigenvalue weighted by Gasteiger charge is -2.46. The molecule has 0 radical (unpaired) electrons. The van der Waals surface area contributed by atoms with Crippen molar-refractivity contribution in [1.29, 1.82) is 0 Å². The quantitative estimate of drug-likeness (QED) is 0.0660. The monoisotopic (exact) mass is 1090 g/mol. The number of methoxy groups -OCH3 is 1. The van der Waals surface area contributed by atoms with Gasteiger partial charge in [0.15, 0.2) is 12.4 Å². The Morgan fingerprint density at radius 3 is 0.905 bits per heavy atom. The number of benzene rings is 5. The van der Waals surface area contributed by atoms with Crippen molar-refractivity contribution in [1.82, 2.24) is 4.98 Å². The van der Waals surface area contributed by atoms with Gasteiger partial charge in [-0.05, 0) is 36.4 Å². The maximum Gasteiger partial charge on any atom is 0.416 e. The van der Waals surface area contributed by atoms with Gasteiger partial charge in [0.1, 0.15) is 11.9 Å². The number of aromatic nitrogens is 2. The Hall–Kier alpha value is -6.97. The first-order valence-electron chi connectivity index (χ1n) is 19.9. The molecule has 0 unspecified atom stereocenters. The summed E-state index contributed by atoms with van der Waals surface area (Å²) in [7, 11) is 1.58. The molecule has 0 aliphatic heterocycles. The summed E-state index contributed by atoms with van der Waals surface area (Å²) in [5.74, 6) is 0.732. The standard InChI is InChI=1S/C32H12BF24.C13H13N2O2/c34-25(35,36)13-1-14(26(37,38)39)6-21(5-13)33(22-7-15(27(40,41)42)2-16(8-22)28(43,44)45,23-9-17(29(46,47)48)3-18(10-23)30(49,50)51)24-11-19(31(52,53)54)4-20(12-24)32(55,56)57;1-17-12-4-2-3-11(9-12)13(16)10-15-7-5-14-6-8-15/h1-12H;2-9H,10H2,1H3/q-1;+1. The van der Waals surface area contributed by atoms with Crippen molar-refractivity contribution in [3.05, 3.63) is 172 Å². The molecule has 6 aromatic rings. The Labute approximate surface area is 398 Å². The largest absolute Gasteiger partial charge is 0.497 e. The van der Waals surface area contributed by atoms with Crippen LogP contribution in [0.2, 0.25) is 0 Å². The van der Waals surface area contributed by atoms with Crippen LogP contribution in [0.25, 0.3) is 0 Å². The second-order valence-electron chi connectivity index (χ2n) is 15.8. The number of Topliss-reactive ketones (excluding diaryl/α,β-unsaturated/α-hetero) is 1. The van der Waals surface area contributed by atoms with Gasteiger partial charge in [0.2, 0.25) is 12.3 Å². The Kier molecular flexibility index (Phi) is 15.7. The van der Waals surface area contributed by atoms with Crippen molar-refractivity contribution in [3.63, 3.8) is 0 Å². The van der Waals surface area contributed by atoms with E-state index >= 15 is 0 Å². The highest BCUT2D eigenvalue weighted by Crippen LogP contribution is 2.41. The topological polar surface area (TPSA) is 43.1 Å². The zero-order chi connectivity index (χ0) is 56.0. The molecule has 0 amide bonds. The van der Waals surface area contributed by atoms with Crippen LogP contribution in [0.4, 0.5) is 105 Å². The fourth-order valence-electron chi connectivity index (χ4n) is 7.58. The Morgan fingerprint density at radius 2 is 0.676 bits per heavy atom. The SMILES string of the molecule is COc1cccc(C(=O)C[n+]2ccncc2)c1.FC(F)(F)c1cc([B-](c2cc(C(F)(F)F)cc(C(F)(F)F)c2)(c2cc(C(F)(F)F)cc(C(F)(F)F)c2)c2cc(C(F)(F)F)cc(C(F)(F)F)c2)cc(C(F)(F)F)c1. The predicted molar refractivity (Wildman–Crippen MR) is 212 cm³/mol. The highest BCUT2D eigenvalue weighted by molar-refractivity contribution is 7.20. The molecule has 0 aliphatic rings. The van der Waals surface area contributed by atoms with Crippen LogP contribution in [0.3, 0.4) is 0 Å². The van der Waals surface area contributed by atoms with E-state index in [1.165, 1.54) is 0 Å². The number of nitrogens with zero attached hydrogens (tertiary/aromatic N) is 2. The van der Waals surface area contributed by atoms with E-state index in [0.717, 1.165) is 0 Å². The average Bonchev–Trinajstić information content (AvgIpc) is 3.27. The summed E-state index contributed by atoms with van der Waals surface area (Å²) in [6, 6.07) is -1.66. The van der Waals surface area contributed by atoms with Crippen molar-refractivity contribution >= 4 is 33.8 Å². The number of ketones is 1. The van der Waals surface area contributed by atoms with Gasteiger partial charge >= 0.3 is 49.4 Å². The summed E-state index contributed by atoms with van der Waals surface area (Å²) in [5, 5.41) is 0. The molecule has 0 saturated carbocycles. The van der Waals surface area contributed by atoms with Crippen molar-refractivity contribution in [3.8, 4) is 5.75 Å². The van der Waals surface area contributed by atoms with E-state index in [4.69, 9.17) is 4.74 Å². The number of alkyl halides is 24. The van der Waals surface area contributed by atoms with Gasteiger partial charge in [0, 0.05) is 5.56 Å². The second kappa shape index (κ2) is 20.0. The van der Waals surface area contributed by atoms with Crippen molar-refractivity contribution in [2.45, 2.75) is 56.0 Å². The van der Waals surface area contributed by atoms with Gasteiger partial charge in [-0.15, -0.1) is 0 Å². The maximum atomic E-state index is 14.2. The number of ether oxygens (including phenoxy) is 1. The molecule has 0 saturated heterocycles. The molecular formula is C45H25BF24N2O2. The predicted octanol–water partition coefficient (Wildman–Crippen LogP) is 12.5. The molecule has 29 heteroatoms. The first kappa shape index (κ1) is 57.9. The zero-order valence-corrected chi connectivity index (χ0v) is 36.1. The first-order chi connectivity index (χ1) is 33.6. The van der Waals surface area contributed by atoms with Crippen molar-refractivity contribution in [2.75, 3.05) is 7.11 Å². The van der Waals surface area contributed by atoms with E-state index in [-0.39, 0.29) is 5.78 Å². The summed E-state index contributed by atoms with van der Waals surface area (Å²) in [5.41, 5.74) is -29.6. The second-order valence-corrected chi connectivity index (χ2v) is 15.8. The van der Waals surface area contributed by atoms with Crippen LogP contribution in [0.5, 0.6) is 5.75 Å². The van der Waals surface area contributed by atoms with Crippen LogP contribution < -0.4 is 31.2 Å². The molecule has 0 N–H and O–H groups in total. The molecule has 0 fully saturated rings. The van der Waals surface area contributed by atoms with Crippen LogP contribution >= 0.6 is 0 Å². The van der Waals surface area contributed by atoms with Crippen LogP contribution in [0, 0.1) is 0 Å². The molecule has 74 heavy (non-hydrogen) atoms. The van der Waals surface area contributed by atoms with Crippen LogP contribution in [-0.4, -0.2) is 24.0 Å². The highest BCUT2D eigenvalue weighted by atomic mass is 19.4. The summed E-state index contributed by atoms with van der Waals surface area (Å²) in [4.78, 5) is 15.9. The van der Waals surface area contributed by atoms with E-state index in [0.29, 0.717) is 17.9 Å². The minimum atomic E-state index is -6.13. The number of rotatable bonds is 8. The smallest absolute Gasteiger partial charge is 0.416 e. The number of hydrogen-bond donors (Lipinski definition) is 0. The maximum absolute atomic E-state index is 14.2. The van der Waals surface area contributed by atoms with E-state index in [1.54, 1.807) is 48.6 Å². The number of halogens is 24. The lowest BCUT2D eigenvalue weighted by molar-refractivity contribution is -0.683. The molecule has 1 aromatic heterocycles. The minimum Gasteiger partial charge on any atom is -0.497 e. The number of carbonyl (C=O) groups is 1. The molecular weight excluding hydrogens is 1070 g/mol. The van der Waals surface area contributed by atoms with E-state index in [9.17, 15) is 110 Å². The van der Waals surface area contributed by atoms with Gasteiger partial charge in [-0.3, -0.25) is 9.78 Å². The van der Waals surface area contributed by atoms with E-state index in [2.05, 4.69) is 4.98 Å². The van der Waals surface area contributed by atoms with Crippen molar-refractivity contribution in [2.24, 2.45) is 0 Å². The van der Waals surface area contributed by atoms with Crippen LogP contribution in [0.1, 0.15) is 54.9 Å². The lowest BCUT2D eigenvalue weighted by atomic mass is 9.12. The normalized spacial score (nSPS) is 13.3. The third kappa shape index (κ3) is 13.4. The summed E-state index contributed by atoms with van der Waals surface area (Å²) >= 11 is 0. The van der Waals surface area contributed by atoms with Gasteiger partial charge in [-0.25, -0.2) is 0 Å². The Bertz CT molecular complexity index is 2550. The summed E-state index contributed by atoms with van der Waals surface area (Å²) in [6.07, 6.45) is -48.0. The average molecular weight is 1090 g/mol. The summed E-state index contributed by atoms with van der Waals surface area (Å²) in [6.45, 7) is 0.301. The molecule has 0 spiro atoms. The lowest BCUT2D eigenvalue weighted by Crippen LogP contribution is -2.75. The van der Waals surface area contributed by atoms with Gasteiger partial charge in [0.25, 0.3) is 0 Å². The van der Waals surface area contributed by atoms with Crippen LogP contribution in [0.15, 0.2) is 122 Å². The summed E-state index contributed by atoms with van der Waals surface area (Å²) < 4.78 is 348. The zero-order valence-electron chi connectivity index (χ0n) is 36.1. The molecule has 1 heterocycles. The molecule has 4 nitrogen and oxygen atoms in total. The molecule has 5 aromatic carbocycles. The number of hydrogen-bond acceptors (Lipinski definition) is 3. The van der Waals surface area contributed by atoms with E-state index < -0.39 is 195 Å².